The number of piperidine rings is 1. The van der Waals surface area contributed by atoms with E-state index in [-0.39, 0.29) is 22.2 Å². The second-order valence-corrected chi connectivity index (χ2v) is 6.91. The summed E-state index contributed by atoms with van der Waals surface area (Å²) >= 11 is 6.11. The van der Waals surface area contributed by atoms with Crippen LogP contribution < -0.4 is 0 Å². The van der Waals surface area contributed by atoms with Crippen LogP contribution in [0.3, 0.4) is 0 Å². The number of carbonyl (C=O) groups excluding carboxylic acids is 1. The summed E-state index contributed by atoms with van der Waals surface area (Å²) in [6.07, 6.45) is 1.59. The Morgan fingerprint density at radius 1 is 1.26 bits per heavy atom. The monoisotopic (exact) mass is 385 g/mol. The quantitative estimate of drug-likeness (QED) is 0.492. The molecule has 0 saturated carbocycles. The van der Waals surface area contributed by atoms with Gasteiger partial charge in [0.15, 0.2) is 11.5 Å². The number of aromatic nitrogens is 1. The zero-order chi connectivity index (χ0) is 19.0. The number of nitro benzene ring substituents is 1. The van der Waals surface area contributed by atoms with E-state index in [0.717, 1.165) is 18.4 Å². The lowest BCUT2D eigenvalue weighted by Crippen LogP contribution is -2.39. The molecule has 1 aliphatic heterocycles. The van der Waals surface area contributed by atoms with Crippen molar-refractivity contribution in [2.45, 2.75) is 18.8 Å². The number of benzene rings is 2. The number of nitrogens with zero attached hydrogens (tertiary/aromatic N) is 3. The molecule has 1 unspecified atom stereocenters. The first-order chi connectivity index (χ1) is 13.0. The molecule has 1 aliphatic rings. The van der Waals surface area contributed by atoms with E-state index in [2.05, 4.69) is 4.98 Å². The Balaban J connectivity index is 1.62. The van der Waals surface area contributed by atoms with Crippen LogP contribution in [0.25, 0.3) is 11.1 Å². The van der Waals surface area contributed by atoms with Crippen molar-refractivity contribution in [3.8, 4) is 0 Å². The zero-order valence-corrected chi connectivity index (χ0v) is 15.1. The van der Waals surface area contributed by atoms with Crippen molar-refractivity contribution in [1.29, 1.82) is 0 Å². The Labute approximate surface area is 159 Å². The Morgan fingerprint density at radius 2 is 2.07 bits per heavy atom. The molecule has 0 N–H and O–H groups in total. The molecule has 4 rings (SSSR count). The van der Waals surface area contributed by atoms with Crippen LogP contribution in [0, 0.1) is 10.1 Å². The summed E-state index contributed by atoms with van der Waals surface area (Å²) in [6, 6.07) is 11.7. The number of oxazole rings is 1. The van der Waals surface area contributed by atoms with Gasteiger partial charge in [-0.05, 0) is 31.0 Å². The molecule has 8 heteroatoms. The SMILES string of the molecule is O=C(c1c(Cl)cccc1[N+](=O)[O-])N1CCCC(c2nc3ccccc3o2)C1. The molecule has 1 fully saturated rings. The fraction of sp³-hybridized carbons (Fsp3) is 0.263. The third kappa shape index (κ3) is 3.26. The number of hydrogen-bond donors (Lipinski definition) is 0. The molecule has 2 heterocycles. The topological polar surface area (TPSA) is 89.5 Å². The fourth-order valence-electron chi connectivity index (χ4n) is 3.46. The molecule has 27 heavy (non-hydrogen) atoms. The number of nitro groups is 1. The molecule has 0 bridgehead atoms. The van der Waals surface area contributed by atoms with Gasteiger partial charge in [-0.1, -0.05) is 29.8 Å². The number of carbonyl (C=O) groups is 1. The maximum Gasteiger partial charge on any atom is 0.283 e. The highest BCUT2D eigenvalue weighted by Gasteiger charge is 2.32. The van der Waals surface area contributed by atoms with Crippen molar-refractivity contribution >= 4 is 34.3 Å². The summed E-state index contributed by atoms with van der Waals surface area (Å²) < 4.78 is 5.84. The highest BCUT2D eigenvalue weighted by molar-refractivity contribution is 6.34. The van der Waals surface area contributed by atoms with Crippen molar-refractivity contribution in [3.63, 3.8) is 0 Å². The lowest BCUT2D eigenvalue weighted by atomic mass is 9.97. The van der Waals surface area contributed by atoms with Crippen molar-refractivity contribution in [1.82, 2.24) is 9.88 Å². The Morgan fingerprint density at radius 3 is 2.85 bits per heavy atom. The van der Waals surface area contributed by atoms with E-state index in [1.54, 1.807) is 4.90 Å². The number of rotatable bonds is 3. The summed E-state index contributed by atoms with van der Waals surface area (Å²) in [7, 11) is 0. The number of fused-ring (bicyclic) bond motifs is 1. The van der Waals surface area contributed by atoms with E-state index in [4.69, 9.17) is 16.0 Å². The van der Waals surface area contributed by atoms with Crippen molar-refractivity contribution in [2.24, 2.45) is 0 Å². The van der Waals surface area contributed by atoms with E-state index >= 15 is 0 Å². The zero-order valence-electron chi connectivity index (χ0n) is 14.3. The lowest BCUT2D eigenvalue weighted by Gasteiger charge is -2.31. The molecule has 0 aliphatic carbocycles. The van der Waals surface area contributed by atoms with Gasteiger partial charge in [0.05, 0.1) is 15.9 Å². The minimum absolute atomic E-state index is 0.0587. The lowest BCUT2D eigenvalue weighted by molar-refractivity contribution is -0.385. The highest BCUT2D eigenvalue weighted by Crippen LogP contribution is 2.32. The van der Waals surface area contributed by atoms with Gasteiger partial charge >= 0.3 is 0 Å². The Bertz CT molecular complexity index is 1000. The van der Waals surface area contributed by atoms with Crippen LogP contribution in [0.15, 0.2) is 46.9 Å². The number of para-hydroxylation sites is 2. The van der Waals surface area contributed by atoms with E-state index in [0.29, 0.717) is 24.6 Å². The molecule has 0 spiro atoms. The third-order valence-corrected chi connectivity index (χ3v) is 5.09. The van der Waals surface area contributed by atoms with E-state index in [1.807, 2.05) is 24.3 Å². The first kappa shape index (κ1) is 17.5. The molecule has 1 atom stereocenters. The number of halogens is 1. The maximum absolute atomic E-state index is 13.0. The van der Waals surface area contributed by atoms with Crippen LogP contribution in [0.2, 0.25) is 5.02 Å². The molecule has 7 nitrogen and oxygen atoms in total. The maximum atomic E-state index is 13.0. The number of hydrogen-bond acceptors (Lipinski definition) is 5. The molecular formula is C19H16ClN3O4. The van der Waals surface area contributed by atoms with E-state index < -0.39 is 10.8 Å². The summed E-state index contributed by atoms with van der Waals surface area (Å²) in [5.41, 5.74) is 1.13. The minimum atomic E-state index is -0.582. The largest absolute Gasteiger partial charge is 0.440 e. The normalized spacial score (nSPS) is 17.2. The predicted octanol–water partition coefficient (Wildman–Crippen LogP) is 4.41. The first-order valence-electron chi connectivity index (χ1n) is 8.62. The van der Waals surface area contributed by atoms with Gasteiger partial charge in [0.1, 0.15) is 11.1 Å². The van der Waals surface area contributed by atoms with Gasteiger partial charge in [-0.2, -0.15) is 0 Å². The summed E-state index contributed by atoms with van der Waals surface area (Å²) in [5, 5.41) is 11.4. The second kappa shape index (κ2) is 7.00. The van der Waals surface area contributed by atoms with Crippen molar-refractivity contribution in [2.75, 3.05) is 13.1 Å². The van der Waals surface area contributed by atoms with Crippen LogP contribution in [0.4, 0.5) is 5.69 Å². The summed E-state index contributed by atoms with van der Waals surface area (Å²) in [4.78, 5) is 29.8. The molecule has 1 saturated heterocycles. The van der Waals surface area contributed by atoms with Crippen LogP contribution in [0.5, 0.6) is 0 Å². The molecule has 0 radical (unpaired) electrons. The van der Waals surface area contributed by atoms with Crippen LogP contribution in [-0.4, -0.2) is 33.8 Å². The molecule has 138 valence electrons. The summed E-state index contributed by atoms with van der Waals surface area (Å²) in [6.45, 7) is 0.895. The van der Waals surface area contributed by atoms with Crippen LogP contribution in [0.1, 0.15) is 35.0 Å². The molecular weight excluding hydrogens is 370 g/mol. The molecule has 2 aromatic carbocycles. The third-order valence-electron chi connectivity index (χ3n) is 4.77. The van der Waals surface area contributed by atoms with Gasteiger partial charge in [0.2, 0.25) is 0 Å². The van der Waals surface area contributed by atoms with Crippen LogP contribution >= 0.6 is 11.6 Å². The van der Waals surface area contributed by atoms with Crippen molar-refractivity contribution < 1.29 is 14.1 Å². The van der Waals surface area contributed by atoms with Gasteiger partial charge < -0.3 is 9.32 Å². The van der Waals surface area contributed by atoms with Crippen molar-refractivity contribution in [3.05, 3.63) is 69.1 Å². The second-order valence-electron chi connectivity index (χ2n) is 6.50. The Kier molecular flexibility index (Phi) is 4.53. The standard InChI is InChI=1S/C19H16ClN3O4/c20-13-6-3-8-15(23(25)26)17(13)19(24)22-10-4-5-12(11-22)18-21-14-7-1-2-9-16(14)27-18/h1-3,6-9,12H,4-5,10-11H2. The van der Waals surface area contributed by atoms with E-state index in [1.165, 1.54) is 18.2 Å². The smallest absolute Gasteiger partial charge is 0.283 e. The summed E-state index contributed by atoms with van der Waals surface area (Å²) in [5.74, 6) is 0.0899. The average molecular weight is 386 g/mol. The molecule has 3 aromatic rings. The first-order valence-corrected chi connectivity index (χ1v) is 9.00. The van der Waals surface area contributed by atoms with Gasteiger partial charge in [0, 0.05) is 19.2 Å². The Hall–Kier alpha value is -2.93. The highest BCUT2D eigenvalue weighted by atomic mass is 35.5. The van der Waals surface area contributed by atoms with Gasteiger partial charge in [0.25, 0.3) is 11.6 Å². The van der Waals surface area contributed by atoms with Crippen LogP contribution in [-0.2, 0) is 0 Å². The number of likely N-dealkylation sites (tertiary alicyclic amines) is 1. The van der Waals surface area contributed by atoms with Gasteiger partial charge in [-0.25, -0.2) is 4.98 Å². The van der Waals surface area contributed by atoms with Gasteiger partial charge in [-0.3, -0.25) is 14.9 Å². The minimum Gasteiger partial charge on any atom is -0.440 e. The average Bonchev–Trinajstić information content (AvgIpc) is 3.11. The van der Waals surface area contributed by atoms with Gasteiger partial charge in [-0.15, -0.1) is 0 Å². The number of amides is 1. The molecule has 1 amide bonds. The predicted molar refractivity (Wildman–Crippen MR) is 100.0 cm³/mol. The fourth-order valence-corrected chi connectivity index (χ4v) is 3.71. The van der Waals surface area contributed by atoms with E-state index in [9.17, 15) is 14.9 Å². The molecule has 1 aromatic heterocycles.